The van der Waals surface area contributed by atoms with Gasteiger partial charge >= 0.3 is 6.03 Å². The first-order chi connectivity index (χ1) is 9.95. The van der Waals surface area contributed by atoms with Crippen molar-refractivity contribution in [3.05, 3.63) is 0 Å². The smallest absolute Gasteiger partial charge is 0.317 e. The molecule has 6 nitrogen and oxygen atoms in total. The molecule has 21 heavy (non-hydrogen) atoms. The maximum absolute atomic E-state index is 12.4. The minimum absolute atomic E-state index is 0.0328. The van der Waals surface area contributed by atoms with Crippen LogP contribution in [0.25, 0.3) is 0 Å². The van der Waals surface area contributed by atoms with E-state index in [1.807, 2.05) is 25.7 Å². The fourth-order valence-corrected chi connectivity index (χ4v) is 2.57. The molecule has 0 aromatic rings. The predicted octanol–water partition coefficient (Wildman–Crippen LogP) is 1.01. The lowest BCUT2D eigenvalue weighted by Crippen LogP contribution is -2.54. The van der Waals surface area contributed by atoms with E-state index in [4.69, 9.17) is 5.73 Å². The largest absolute Gasteiger partial charge is 0.339 e. The summed E-state index contributed by atoms with van der Waals surface area (Å²) in [5, 5.41) is 2.79. The maximum atomic E-state index is 12.4. The van der Waals surface area contributed by atoms with E-state index >= 15 is 0 Å². The molecule has 0 radical (unpaired) electrons. The van der Waals surface area contributed by atoms with Crippen LogP contribution in [0.1, 0.15) is 40.0 Å². The van der Waals surface area contributed by atoms with Crippen molar-refractivity contribution >= 4 is 11.9 Å². The summed E-state index contributed by atoms with van der Waals surface area (Å²) in [6.45, 7) is 9.01. The van der Waals surface area contributed by atoms with Crippen LogP contribution in [-0.2, 0) is 4.79 Å². The van der Waals surface area contributed by atoms with Gasteiger partial charge in [0.2, 0.25) is 5.91 Å². The summed E-state index contributed by atoms with van der Waals surface area (Å²) in [5.74, 6) is 0.245. The molecule has 0 aromatic carbocycles. The number of carbonyl (C=O) groups excluding carboxylic acids is 2. The van der Waals surface area contributed by atoms with Gasteiger partial charge in [-0.15, -0.1) is 0 Å². The molecule has 3 amide bonds. The predicted molar refractivity (Wildman–Crippen MR) is 83.9 cm³/mol. The van der Waals surface area contributed by atoms with E-state index in [9.17, 15) is 9.59 Å². The fourth-order valence-electron chi connectivity index (χ4n) is 2.57. The van der Waals surface area contributed by atoms with Crippen LogP contribution in [0.2, 0.25) is 0 Å². The molecule has 0 aliphatic carbocycles. The molecule has 1 heterocycles. The number of urea groups is 1. The number of piperazine rings is 1. The van der Waals surface area contributed by atoms with Crippen LogP contribution in [0.15, 0.2) is 0 Å². The zero-order chi connectivity index (χ0) is 15.8. The molecule has 1 rings (SSSR count). The van der Waals surface area contributed by atoms with Gasteiger partial charge in [-0.05, 0) is 26.7 Å². The number of amides is 3. The normalized spacial score (nSPS) is 18.3. The molecule has 122 valence electrons. The monoisotopic (exact) mass is 298 g/mol. The van der Waals surface area contributed by atoms with Crippen molar-refractivity contribution in [3.63, 3.8) is 0 Å². The molecule has 3 N–H and O–H groups in total. The Morgan fingerprint density at radius 2 is 1.67 bits per heavy atom. The Bertz CT molecular complexity index is 339. The lowest BCUT2D eigenvalue weighted by molar-refractivity contribution is -0.136. The minimum atomic E-state index is -0.0328. The van der Waals surface area contributed by atoms with Crippen molar-refractivity contribution in [3.8, 4) is 0 Å². The summed E-state index contributed by atoms with van der Waals surface area (Å²) in [7, 11) is 0. The third-order valence-corrected chi connectivity index (χ3v) is 3.92. The van der Waals surface area contributed by atoms with Gasteiger partial charge in [0.1, 0.15) is 0 Å². The van der Waals surface area contributed by atoms with Crippen LogP contribution in [0, 0.1) is 5.92 Å². The van der Waals surface area contributed by atoms with E-state index in [0.717, 1.165) is 19.3 Å². The molecule has 1 aliphatic rings. The summed E-state index contributed by atoms with van der Waals surface area (Å²) < 4.78 is 0. The SMILES string of the molecule is CCNC(=O)N1CCN(C(=O)C(C)CCCC(C)N)CC1. The zero-order valence-electron chi connectivity index (χ0n) is 13.6. The molecule has 2 unspecified atom stereocenters. The highest BCUT2D eigenvalue weighted by Crippen LogP contribution is 2.14. The Hall–Kier alpha value is -1.30. The summed E-state index contributed by atoms with van der Waals surface area (Å²) in [4.78, 5) is 27.7. The van der Waals surface area contributed by atoms with Gasteiger partial charge in [-0.2, -0.15) is 0 Å². The average Bonchev–Trinajstić information content (AvgIpc) is 2.46. The van der Waals surface area contributed by atoms with Crippen LogP contribution in [0.4, 0.5) is 4.79 Å². The Morgan fingerprint density at radius 3 is 2.19 bits per heavy atom. The van der Waals surface area contributed by atoms with Gasteiger partial charge in [0.25, 0.3) is 0 Å². The second-order valence-electron chi connectivity index (χ2n) is 5.96. The third-order valence-electron chi connectivity index (χ3n) is 3.92. The molecule has 0 aromatic heterocycles. The van der Waals surface area contributed by atoms with Gasteiger partial charge < -0.3 is 20.9 Å². The van der Waals surface area contributed by atoms with Crippen LogP contribution < -0.4 is 11.1 Å². The van der Waals surface area contributed by atoms with Crippen molar-refractivity contribution < 1.29 is 9.59 Å². The molecule has 0 spiro atoms. The molecule has 2 atom stereocenters. The van der Waals surface area contributed by atoms with E-state index in [-0.39, 0.29) is 23.9 Å². The standard InChI is InChI=1S/C15H30N4O2/c1-4-17-15(21)19-10-8-18(9-11-19)14(20)12(2)6-5-7-13(3)16/h12-13H,4-11,16H2,1-3H3,(H,17,21). The Morgan fingerprint density at radius 1 is 1.10 bits per heavy atom. The Balaban J connectivity index is 2.32. The third kappa shape index (κ3) is 5.91. The first-order valence-electron chi connectivity index (χ1n) is 8.02. The van der Waals surface area contributed by atoms with Gasteiger partial charge in [0.05, 0.1) is 0 Å². The minimum Gasteiger partial charge on any atom is -0.339 e. The van der Waals surface area contributed by atoms with Gasteiger partial charge in [-0.1, -0.05) is 13.3 Å². The highest BCUT2D eigenvalue weighted by atomic mass is 16.2. The molecule has 6 heteroatoms. The number of nitrogens with one attached hydrogen (secondary N) is 1. The first-order valence-corrected chi connectivity index (χ1v) is 8.02. The van der Waals surface area contributed by atoms with E-state index in [2.05, 4.69) is 5.32 Å². The maximum Gasteiger partial charge on any atom is 0.317 e. The number of hydrogen-bond acceptors (Lipinski definition) is 3. The van der Waals surface area contributed by atoms with E-state index < -0.39 is 0 Å². The second kappa shape index (κ2) is 8.87. The van der Waals surface area contributed by atoms with Crippen molar-refractivity contribution in [2.75, 3.05) is 32.7 Å². The molecule has 1 saturated heterocycles. The summed E-state index contributed by atoms with van der Waals surface area (Å²) >= 11 is 0. The second-order valence-corrected chi connectivity index (χ2v) is 5.96. The summed E-state index contributed by atoms with van der Waals surface area (Å²) in [6, 6.07) is 0.169. The first kappa shape index (κ1) is 17.8. The molecule has 0 bridgehead atoms. The number of nitrogens with zero attached hydrogens (tertiary/aromatic N) is 2. The number of rotatable bonds is 6. The molecule has 1 aliphatic heterocycles. The summed E-state index contributed by atoms with van der Waals surface area (Å²) in [5.41, 5.74) is 5.73. The average molecular weight is 298 g/mol. The van der Waals surface area contributed by atoms with Gasteiger partial charge in [0, 0.05) is 44.7 Å². The number of hydrogen-bond donors (Lipinski definition) is 2. The van der Waals surface area contributed by atoms with Gasteiger partial charge in [-0.3, -0.25) is 4.79 Å². The quantitative estimate of drug-likeness (QED) is 0.768. The Labute approximate surface area is 128 Å². The van der Waals surface area contributed by atoms with E-state index in [1.54, 1.807) is 4.90 Å². The van der Waals surface area contributed by atoms with E-state index in [0.29, 0.717) is 32.7 Å². The molecular weight excluding hydrogens is 268 g/mol. The molecular formula is C15H30N4O2. The van der Waals surface area contributed by atoms with E-state index in [1.165, 1.54) is 0 Å². The van der Waals surface area contributed by atoms with Crippen molar-refractivity contribution in [1.82, 2.24) is 15.1 Å². The van der Waals surface area contributed by atoms with Gasteiger partial charge in [0.15, 0.2) is 0 Å². The van der Waals surface area contributed by atoms with Crippen LogP contribution in [0.3, 0.4) is 0 Å². The Kier molecular flexibility index (Phi) is 7.50. The fraction of sp³-hybridized carbons (Fsp3) is 0.867. The van der Waals surface area contributed by atoms with Crippen molar-refractivity contribution in [2.45, 2.75) is 46.1 Å². The van der Waals surface area contributed by atoms with Crippen LogP contribution in [0.5, 0.6) is 0 Å². The lowest BCUT2D eigenvalue weighted by atomic mass is 10.0. The zero-order valence-corrected chi connectivity index (χ0v) is 13.6. The highest BCUT2D eigenvalue weighted by Gasteiger charge is 2.26. The van der Waals surface area contributed by atoms with Crippen LogP contribution in [-0.4, -0.2) is 60.5 Å². The van der Waals surface area contributed by atoms with Crippen LogP contribution >= 0.6 is 0 Å². The molecule has 1 fully saturated rings. The highest BCUT2D eigenvalue weighted by molar-refractivity contribution is 5.79. The summed E-state index contributed by atoms with van der Waals surface area (Å²) in [6.07, 6.45) is 2.84. The molecule has 0 saturated carbocycles. The number of nitrogens with two attached hydrogens (primary N) is 1. The lowest BCUT2D eigenvalue weighted by Gasteiger charge is -2.36. The topological polar surface area (TPSA) is 78.7 Å². The van der Waals surface area contributed by atoms with Gasteiger partial charge in [-0.25, -0.2) is 4.79 Å². The van der Waals surface area contributed by atoms with Crippen molar-refractivity contribution in [2.24, 2.45) is 11.7 Å². The van der Waals surface area contributed by atoms with Crippen molar-refractivity contribution in [1.29, 1.82) is 0 Å². The number of carbonyl (C=O) groups is 2.